The second-order valence-electron chi connectivity index (χ2n) is 6.16. The van der Waals surface area contributed by atoms with Gasteiger partial charge in [-0.25, -0.2) is 4.79 Å². The average Bonchev–Trinajstić information content (AvgIpc) is 2.68. The van der Waals surface area contributed by atoms with Crippen LogP contribution in [0.15, 0.2) is 42.5 Å². The fourth-order valence-corrected chi connectivity index (χ4v) is 3.25. The number of rotatable bonds is 4. The van der Waals surface area contributed by atoms with Crippen molar-refractivity contribution in [3.8, 4) is 0 Å². The summed E-state index contributed by atoms with van der Waals surface area (Å²) >= 11 is 11.9. The van der Waals surface area contributed by atoms with E-state index in [0.717, 1.165) is 5.69 Å². The van der Waals surface area contributed by atoms with Crippen LogP contribution in [0.25, 0.3) is 0 Å². The largest absolute Gasteiger partial charge is 0.452 e. The van der Waals surface area contributed by atoms with Crippen molar-refractivity contribution in [3.05, 3.63) is 58.1 Å². The summed E-state index contributed by atoms with van der Waals surface area (Å²) < 4.78 is 5.11. The van der Waals surface area contributed by atoms with Gasteiger partial charge in [0.1, 0.15) is 0 Å². The Morgan fingerprint density at radius 3 is 2.41 bits per heavy atom. The van der Waals surface area contributed by atoms with Gasteiger partial charge in [-0.2, -0.15) is 0 Å². The number of nitrogens with zero attached hydrogens (tertiary/aromatic N) is 2. The van der Waals surface area contributed by atoms with E-state index in [0.29, 0.717) is 36.2 Å². The Kier molecular flexibility index (Phi) is 6.08. The summed E-state index contributed by atoms with van der Waals surface area (Å²) in [6.45, 7) is 2.12. The Balaban J connectivity index is 1.51. The van der Waals surface area contributed by atoms with Crippen molar-refractivity contribution in [1.82, 2.24) is 4.90 Å². The molecule has 2 aromatic rings. The number of halogens is 2. The molecule has 1 saturated heterocycles. The first-order valence-electron chi connectivity index (χ1n) is 8.44. The highest BCUT2D eigenvalue weighted by atomic mass is 35.5. The molecule has 27 heavy (non-hydrogen) atoms. The van der Waals surface area contributed by atoms with E-state index in [-0.39, 0.29) is 23.8 Å². The quantitative estimate of drug-likeness (QED) is 0.622. The van der Waals surface area contributed by atoms with Crippen molar-refractivity contribution >= 4 is 46.5 Å². The minimum Gasteiger partial charge on any atom is -0.452 e. The van der Waals surface area contributed by atoms with Crippen LogP contribution >= 0.6 is 23.2 Å². The standard InChI is InChI=1S/C19H19Cl2N3O3/c20-13-2-1-3-15(10-13)23-6-8-24(9-7-23)18(25)12-27-19(26)16-11-14(21)4-5-17(16)22/h1-5,10-11H,6-9,12,22H2. The van der Waals surface area contributed by atoms with Crippen molar-refractivity contribution in [2.45, 2.75) is 0 Å². The molecule has 0 aromatic heterocycles. The molecule has 1 heterocycles. The Bertz CT molecular complexity index is 852. The molecule has 0 bridgehead atoms. The summed E-state index contributed by atoms with van der Waals surface area (Å²) in [6.07, 6.45) is 0. The predicted octanol–water partition coefficient (Wildman–Crippen LogP) is 3.08. The van der Waals surface area contributed by atoms with Crippen LogP contribution in [-0.4, -0.2) is 49.6 Å². The first-order chi connectivity index (χ1) is 12.9. The van der Waals surface area contributed by atoms with E-state index in [9.17, 15) is 9.59 Å². The fraction of sp³-hybridized carbons (Fsp3) is 0.263. The highest BCUT2D eigenvalue weighted by Crippen LogP contribution is 2.21. The maximum Gasteiger partial charge on any atom is 0.340 e. The maximum atomic E-state index is 12.3. The van der Waals surface area contributed by atoms with Crippen LogP contribution in [0, 0.1) is 0 Å². The Morgan fingerprint density at radius 1 is 1.00 bits per heavy atom. The lowest BCUT2D eigenvalue weighted by molar-refractivity contribution is -0.134. The molecule has 0 atom stereocenters. The number of piperazine rings is 1. The van der Waals surface area contributed by atoms with Gasteiger partial charge in [-0.05, 0) is 36.4 Å². The molecule has 2 N–H and O–H groups in total. The number of esters is 1. The third-order valence-electron chi connectivity index (χ3n) is 4.37. The molecule has 1 aliphatic heterocycles. The van der Waals surface area contributed by atoms with Gasteiger partial charge < -0.3 is 20.3 Å². The molecule has 1 amide bonds. The fourth-order valence-electron chi connectivity index (χ4n) is 2.89. The number of hydrogen-bond donors (Lipinski definition) is 1. The maximum absolute atomic E-state index is 12.3. The number of ether oxygens (including phenoxy) is 1. The monoisotopic (exact) mass is 407 g/mol. The number of nitrogens with two attached hydrogens (primary N) is 1. The number of hydrogen-bond acceptors (Lipinski definition) is 5. The Hall–Kier alpha value is -2.44. The second-order valence-corrected chi connectivity index (χ2v) is 7.03. The van der Waals surface area contributed by atoms with Gasteiger partial charge in [0.05, 0.1) is 5.56 Å². The van der Waals surface area contributed by atoms with E-state index in [2.05, 4.69) is 4.90 Å². The van der Waals surface area contributed by atoms with Crippen LogP contribution < -0.4 is 10.6 Å². The summed E-state index contributed by atoms with van der Waals surface area (Å²) in [7, 11) is 0. The van der Waals surface area contributed by atoms with Crippen molar-refractivity contribution in [3.63, 3.8) is 0 Å². The van der Waals surface area contributed by atoms with Crippen molar-refractivity contribution in [2.75, 3.05) is 43.4 Å². The predicted molar refractivity (Wildman–Crippen MR) is 106 cm³/mol. The number of nitrogen functional groups attached to an aromatic ring is 1. The number of benzene rings is 2. The highest BCUT2D eigenvalue weighted by Gasteiger charge is 2.23. The summed E-state index contributed by atoms with van der Waals surface area (Å²) in [5, 5.41) is 1.05. The first kappa shape index (κ1) is 19.3. The van der Waals surface area contributed by atoms with Crippen molar-refractivity contribution in [1.29, 1.82) is 0 Å². The zero-order valence-corrected chi connectivity index (χ0v) is 16.0. The van der Waals surface area contributed by atoms with Gasteiger partial charge in [-0.15, -0.1) is 0 Å². The number of carbonyl (C=O) groups excluding carboxylic acids is 2. The van der Waals surface area contributed by atoms with Crippen LogP contribution in [0.1, 0.15) is 10.4 Å². The molecule has 6 nitrogen and oxygen atoms in total. The van der Waals surface area contributed by atoms with Crippen LogP contribution in [0.2, 0.25) is 10.0 Å². The first-order valence-corrected chi connectivity index (χ1v) is 9.20. The lowest BCUT2D eigenvalue weighted by atomic mass is 10.2. The number of anilines is 2. The van der Waals surface area contributed by atoms with E-state index in [1.54, 1.807) is 11.0 Å². The number of amides is 1. The third kappa shape index (κ3) is 4.84. The van der Waals surface area contributed by atoms with Crippen LogP contribution in [-0.2, 0) is 9.53 Å². The molecular formula is C19H19Cl2N3O3. The Labute approximate surface area is 167 Å². The van der Waals surface area contributed by atoms with Gasteiger partial charge in [-0.3, -0.25) is 4.79 Å². The molecule has 0 spiro atoms. The van der Waals surface area contributed by atoms with Gasteiger partial charge in [0.25, 0.3) is 5.91 Å². The SMILES string of the molecule is Nc1ccc(Cl)cc1C(=O)OCC(=O)N1CCN(c2cccc(Cl)c2)CC1. The van der Waals surface area contributed by atoms with E-state index < -0.39 is 5.97 Å². The summed E-state index contributed by atoms with van der Waals surface area (Å²) in [4.78, 5) is 28.3. The van der Waals surface area contributed by atoms with Crippen LogP contribution in [0.3, 0.4) is 0 Å². The lowest BCUT2D eigenvalue weighted by Crippen LogP contribution is -2.49. The van der Waals surface area contributed by atoms with E-state index in [4.69, 9.17) is 33.7 Å². The molecule has 8 heteroatoms. The normalized spacial score (nSPS) is 14.1. The minimum atomic E-state index is -0.666. The van der Waals surface area contributed by atoms with Crippen LogP contribution in [0.5, 0.6) is 0 Å². The number of carbonyl (C=O) groups is 2. The third-order valence-corrected chi connectivity index (χ3v) is 4.84. The molecule has 0 radical (unpaired) electrons. The zero-order valence-electron chi connectivity index (χ0n) is 14.5. The summed E-state index contributed by atoms with van der Waals surface area (Å²) in [5.74, 6) is -0.907. The molecule has 142 valence electrons. The van der Waals surface area contributed by atoms with Gasteiger partial charge in [0.2, 0.25) is 0 Å². The topological polar surface area (TPSA) is 75.9 Å². The second kappa shape index (κ2) is 8.50. The highest BCUT2D eigenvalue weighted by molar-refractivity contribution is 6.31. The summed E-state index contributed by atoms with van der Waals surface area (Å²) in [6, 6.07) is 12.1. The molecular weight excluding hydrogens is 389 g/mol. The van der Waals surface area contributed by atoms with Crippen molar-refractivity contribution < 1.29 is 14.3 Å². The molecule has 3 rings (SSSR count). The smallest absolute Gasteiger partial charge is 0.340 e. The Morgan fingerprint density at radius 2 is 1.70 bits per heavy atom. The van der Waals surface area contributed by atoms with E-state index >= 15 is 0 Å². The zero-order chi connectivity index (χ0) is 19.4. The van der Waals surface area contributed by atoms with Crippen molar-refractivity contribution in [2.24, 2.45) is 0 Å². The van der Waals surface area contributed by atoms with Gasteiger partial charge >= 0.3 is 5.97 Å². The molecule has 2 aromatic carbocycles. The van der Waals surface area contributed by atoms with Gasteiger partial charge in [-0.1, -0.05) is 29.3 Å². The lowest BCUT2D eigenvalue weighted by Gasteiger charge is -2.36. The van der Waals surface area contributed by atoms with E-state index in [1.165, 1.54) is 12.1 Å². The molecule has 0 saturated carbocycles. The van der Waals surface area contributed by atoms with Gasteiger partial charge in [0, 0.05) is 47.6 Å². The average molecular weight is 408 g/mol. The molecule has 1 aliphatic rings. The van der Waals surface area contributed by atoms with E-state index in [1.807, 2.05) is 24.3 Å². The minimum absolute atomic E-state index is 0.154. The molecule has 0 aliphatic carbocycles. The van der Waals surface area contributed by atoms with Gasteiger partial charge in [0.15, 0.2) is 6.61 Å². The molecule has 0 unspecified atom stereocenters. The molecule has 1 fully saturated rings. The summed E-state index contributed by atoms with van der Waals surface area (Å²) in [5.41, 5.74) is 7.19. The van der Waals surface area contributed by atoms with Crippen LogP contribution in [0.4, 0.5) is 11.4 Å².